The standard InChI is InChI=1S/C17H19FINO/c1-3-10-20-17(13-6-4-5-7-15(13)19)14-11-12(18)8-9-16(14)21-2/h4-9,11,17,20H,3,10H2,1-2H3. The molecule has 1 N–H and O–H groups in total. The van der Waals surface area contributed by atoms with Gasteiger partial charge in [0.2, 0.25) is 0 Å². The number of ether oxygens (including phenoxy) is 1. The van der Waals surface area contributed by atoms with Crippen LogP contribution in [0.2, 0.25) is 0 Å². The molecule has 0 aromatic heterocycles. The number of hydrogen-bond acceptors (Lipinski definition) is 2. The first-order valence-corrected chi connectivity index (χ1v) is 8.06. The Morgan fingerprint density at radius 1 is 1.19 bits per heavy atom. The fraction of sp³-hybridized carbons (Fsp3) is 0.294. The van der Waals surface area contributed by atoms with Crippen LogP contribution >= 0.6 is 22.6 Å². The summed E-state index contributed by atoms with van der Waals surface area (Å²) >= 11 is 2.31. The van der Waals surface area contributed by atoms with E-state index in [9.17, 15) is 4.39 Å². The zero-order chi connectivity index (χ0) is 15.2. The van der Waals surface area contributed by atoms with E-state index in [0.29, 0.717) is 5.75 Å². The van der Waals surface area contributed by atoms with Gasteiger partial charge in [-0.3, -0.25) is 0 Å². The fourth-order valence-corrected chi connectivity index (χ4v) is 3.01. The smallest absolute Gasteiger partial charge is 0.124 e. The van der Waals surface area contributed by atoms with Gasteiger partial charge in [-0.15, -0.1) is 0 Å². The molecular weight excluding hydrogens is 380 g/mol. The number of rotatable bonds is 6. The molecule has 1 atom stereocenters. The first-order chi connectivity index (χ1) is 10.2. The Hall–Kier alpha value is -1.14. The molecule has 0 aliphatic carbocycles. The van der Waals surface area contributed by atoms with Crippen molar-refractivity contribution in [1.82, 2.24) is 5.32 Å². The minimum atomic E-state index is -0.250. The van der Waals surface area contributed by atoms with Gasteiger partial charge in [0.15, 0.2) is 0 Å². The van der Waals surface area contributed by atoms with Crippen molar-refractivity contribution in [2.45, 2.75) is 19.4 Å². The Kier molecular flexibility index (Phi) is 5.99. The van der Waals surface area contributed by atoms with E-state index in [1.807, 2.05) is 12.1 Å². The van der Waals surface area contributed by atoms with E-state index in [-0.39, 0.29) is 11.9 Å². The predicted molar refractivity (Wildman–Crippen MR) is 92.2 cm³/mol. The lowest BCUT2D eigenvalue weighted by Gasteiger charge is -2.23. The summed E-state index contributed by atoms with van der Waals surface area (Å²) in [7, 11) is 1.61. The third-order valence-electron chi connectivity index (χ3n) is 3.32. The highest BCUT2D eigenvalue weighted by Gasteiger charge is 2.20. The highest BCUT2D eigenvalue weighted by molar-refractivity contribution is 14.1. The van der Waals surface area contributed by atoms with Crippen molar-refractivity contribution in [2.75, 3.05) is 13.7 Å². The van der Waals surface area contributed by atoms with Gasteiger partial charge < -0.3 is 10.1 Å². The van der Waals surface area contributed by atoms with E-state index in [1.165, 1.54) is 6.07 Å². The SMILES string of the molecule is CCCNC(c1ccccc1I)c1cc(F)ccc1OC. The van der Waals surface area contributed by atoms with Crippen molar-refractivity contribution in [1.29, 1.82) is 0 Å². The van der Waals surface area contributed by atoms with E-state index >= 15 is 0 Å². The predicted octanol–water partition coefficient (Wildman–Crippen LogP) is 4.53. The van der Waals surface area contributed by atoms with Gasteiger partial charge in [-0.2, -0.15) is 0 Å². The molecule has 0 amide bonds. The summed E-state index contributed by atoms with van der Waals surface area (Å²) in [6, 6.07) is 12.7. The number of halogens is 2. The molecule has 21 heavy (non-hydrogen) atoms. The second-order valence-electron chi connectivity index (χ2n) is 4.79. The summed E-state index contributed by atoms with van der Waals surface area (Å²) in [6.07, 6.45) is 1.01. The normalized spacial score (nSPS) is 12.2. The van der Waals surface area contributed by atoms with Gasteiger partial charge in [-0.1, -0.05) is 25.1 Å². The quantitative estimate of drug-likeness (QED) is 0.721. The monoisotopic (exact) mass is 399 g/mol. The topological polar surface area (TPSA) is 21.3 Å². The lowest BCUT2D eigenvalue weighted by Crippen LogP contribution is -2.24. The third-order valence-corrected chi connectivity index (χ3v) is 4.30. The maximum absolute atomic E-state index is 13.7. The third kappa shape index (κ3) is 3.95. The molecule has 2 nitrogen and oxygen atoms in total. The van der Waals surface area contributed by atoms with E-state index in [0.717, 1.165) is 27.7 Å². The minimum Gasteiger partial charge on any atom is -0.496 e. The van der Waals surface area contributed by atoms with Crippen molar-refractivity contribution in [3.05, 3.63) is 63.0 Å². The molecule has 0 aliphatic heterocycles. The van der Waals surface area contributed by atoms with Gasteiger partial charge in [0.1, 0.15) is 11.6 Å². The minimum absolute atomic E-state index is 0.0799. The molecule has 0 radical (unpaired) electrons. The molecule has 4 heteroatoms. The molecule has 0 saturated carbocycles. The van der Waals surface area contributed by atoms with Crippen LogP contribution in [0.25, 0.3) is 0 Å². The van der Waals surface area contributed by atoms with Crippen LogP contribution in [0.3, 0.4) is 0 Å². The first kappa shape index (κ1) is 16.2. The van der Waals surface area contributed by atoms with Gasteiger partial charge in [-0.05, 0) is 65.4 Å². The average Bonchev–Trinajstić information content (AvgIpc) is 2.49. The van der Waals surface area contributed by atoms with Crippen molar-refractivity contribution in [3.63, 3.8) is 0 Å². The van der Waals surface area contributed by atoms with Crippen molar-refractivity contribution in [3.8, 4) is 5.75 Å². The number of methoxy groups -OCH3 is 1. The maximum Gasteiger partial charge on any atom is 0.124 e. The van der Waals surface area contributed by atoms with Gasteiger partial charge in [0, 0.05) is 9.13 Å². The Labute approximate surface area is 138 Å². The van der Waals surface area contributed by atoms with Gasteiger partial charge in [0.05, 0.1) is 13.2 Å². The Balaban J connectivity index is 2.50. The van der Waals surface area contributed by atoms with Gasteiger partial charge in [-0.25, -0.2) is 4.39 Å². The molecule has 2 rings (SSSR count). The Morgan fingerprint density at radius 3 is 2.62 bits per heavy atom. The summed E-state index contributed by atoms with van der Waals surface area (Å²) in [5.74, 6) is 0.449. The van der Waals surface area contributed by atoms with E-state index in [4.69, 9.17) is 4.74 Å². The molecule has 0 spiro atoms. The molecule has 0 saturated heterocycles. The molecule has 0 heterocycles. The van der Waals surface area contributed by atoms with Gasteiger partial charge in [0.25, 0.3) is 0 Å². The fourth-order valence-electron chi connectivity index (χ4n) is 2.32. The summed E-state index contributed by atoms with van der Waals surface area (Å²) in [5, 5.41) is 3.49. The molecule has 0 aliphatic rings. The zero-order valence-electron chi connectivity index (χ0n) is 12.2. The number of nitrogens with one attached hydrogen (secondary N) is 1. The molecular formula is C17H19FINO. The molecule has 112 valence electrons. The first-order valence-electron chi connectivity index (χ1n) is 6.98. The van der Waals surface area contributed by atoms with Crippen LogP contribution in [0.4, 0.5) is 4.39 Å². The van der Waals surface area contributed by atoms with Crippen LogP contribution < -0.4 is 10.1 Å². The molecule has 2 aromatic carbocycles. The zero-order valence-corrected chi connectivity index (χ0v) is 14.4. The van der Waals surface area contributed by atoms with E-state index in [1.54, 1.807) is 19.2 Å². The number of benzene rings is 2. The van der Waals surface area contributed by atoms with Crippen LogP contribution in [0.5, 0.6) is 5.75 Å². The van der Waals surface area contributed by atoms with Crippen LogP contribution in [-0.4, -0.2) is 13.7 Å². The average molecular weight is 399 g/mol. The highest BCUT2D eigenvalue weighted by Crippen LogP contribution is 2.32. The van der Waals surface area contributed by atoms with E-state index < -0.39 is 0 Å². The second-order valence-corrected chi connectivity index (χ2v) is 5.96. The van der Waals surface area contributed by atoms with Crippen LogP contribution in [-0.2, 0) is 0 Å². The van der Waals surface area contributed by atoms with Crippen molar-refractivity contribution < 1.29 is 9.13 Å². The van der Waals surface area contributed by atoms with Crippen LogP contribution in [0.1, 0.15) is 30.5 Å². The van der Waals surface area contributed by atoms with E-state index in [2.05, 4.69) is 47.0 Å². The van der Waals surface area contributed by atoms with Crippen molar-refractivity contribution in [2.24, 2.45) is 0 Å². The van der Waals surface area contributed by atoms with Crippen LogP contribution in [0.15, 0.2) is 42.5 Å². The Bertz CT molecular complexity index is 603. The van der Waals surface area contributed by atoms with Gasteiger partial charge >= 0.3 is 0 Å². The lowest BCUT2D eigenvalue weighted by atomic mass is 9.97. The second kappa shape index (κ2) is 7.75. The van der Waals surface area contributed by atoms with Crippen molar-refractivity contribution >= 4 is 22.6 Å². The summed E-state index contributed by atoms with van der Waals surface area (Å²) in [6.45, 7) is 2.97. The molecule has 2 aromatic rings. The molecule has 0 fully saturated rings. The Morgan fingerprint density at radius 2 is 1.95 bits per heavy atom. The summed E-state index contributed by atoms with van der Waals surface area (Å²) in [4.78, 5) is 0. The van der Waals surface area contributed by atoms with Crippen LogP contribution in [0, 0.1) is 9.39 Å². The molecule has 0 bridgehead atoms. The summed E-state index contributed by atoms with van der Waals surface area (Å²) < 4.78 is 20.3. The number of hydrogen-bond donors (Lipinski definition) is 1. The summed E-state index contributed by atoms with van der Waals surface area (Å²) in [5.41, 5.74) is 1.96. The molecule has 1 unspecified atom stereocenters. The lowest BCUT2D eigenvalue weighted by molar-refractivity contribution is 0.402. The largest absolute Gasteiger partial charge is 0.496 e. The maximum atomic E-state index is 13.7. The highest BCUT2D eigenvalue weighted by atomic mass is 127.